The quantitative estimate of drug-likeness (QED) is 0.501. The van der Waals surface area contributed by atoms with Gasteiger partial charge in [-0.3, -0.25) is 14.4 Å². The monoisotopic (exact) mass is 499 g/mol. The predicted molar refractivity (Wildman–Crippen MR) is 123 cm³/mol. The van der Waals surface area contributed by atoms with E-state index in [0.29, 0.717) is 23.4 Å². The fraction of sp³-hybridized carbons (Fsp3) is 0.192. The molecule has 4 rings (SSSR count). The number of amides is 3. The maximum Gasteiger partial charge on any atom is 0.251 e. The Morgan fingerprint density at radius 3 is 2.17 bits per heavy atom. The minimum atomic E-state index is -1.13. The van der Waals surface area contributed by atoms with Gasteiger partial charge in [0.25, 0.3) is 5.91 Å². The highest BCUT2D eigenvalue weighted by Crippen LogP contribution is 2.43. The first-order chi connectivity index (χ1) is 16.9. The molecule has 3 amide bonds. The average Bonchev–Trinajstić information content (AvgIpc) is 2.99. The summed E-state index contributed by atoms with van der Waals surface area (Å²) in [7, 11) is 0. The molecule has 0 saturated carbocycles. The van der Waals surface area contributed by atoms with Gasteiger partial charge in [-0.1, -0.05) is 12.1 Å². The minimum Gasteiger partial charge on any atom is -0.366 e. The Kier molecular flexibility index (Phi) is 6.30. The largest absolute Gasteiger partial charge is 0.366 e. The van der Waals surface area contributed by atoms with Gasteiger partial charge in [-0.2, -0.15) is 0 Å². The number of primary amides is 1. The zero-order chi connectivity index (χ0) is 26.4. The summed E-state index contributed by atoms with van der Waals surface area (Å²) >= 11 is 0. The second-order valence-corrected chi connectivity index (χ2v) is 8.95. The Hall–Kier alpha value is -4.21. The van der Waals surface area contributed by atoms with Crippen LogP contribution < -0.4 is 16.0 Å². The molecule has 3 N–H and O–H groups in total. The number of hydrogen-bond acceptors (Lipinski definition) is 3. The van der Waals surface area contributed by atoms with E-state index in [0.717, 1.165) is 6.07 Å². The van der Waals surface area contributed by atoms with E-state index in [9.17, 15) is 31.9 Å². The fourth-order valence-corrected chi connectivity index (χ4v) is 4.15. The molecule has 0 aromatic heterocycles. The lowest BCUT2D eigenvalue weighted by Crippen LogP contribution is -2.36. The minimum absolute atomic E-state index is 0.0160. The molecule has 0 aliphatic carbocycles. The summed E-state index contributed by atoms with van der Waals surface area (Å²) < 4.78 is 55.5. The Balaban J connectivity index is 1.61. The number of hydrogen-bond donors (Lipinski definition) is 2. The summed E-state index contributed by atoms with van der Waals surface area (Å²) in [4.78, 5) is 38.5. The molecule has 1 aliphatic rings. The van der Waals surface area contributed by atoms with Gasteiger partial charge in [-0.05, 0) is 43.7 Å². The van der Waals surface area contributed by atoms with Crippen LogP contribution in [0.3, 0.4) is 0 Å². The lowest BCUT2D eigenvalue weighted by atomic mass is 9.86. The van der Waals surface area contributed by atoms with Crippen molar-refractivity contribution in [2.45, 2.75) is 32.4 Å². The van der Waals surface area contributed by atoms with Gasteiger partial charge in [0.15, 0.2) is 0 Å². The highest BCUT2D eigenvalue weighted by Gasteiger charge is 2.44. The van der Waals surface area contributed by atoms with E-state index in [2.05, 4.69) is 5.32 Å². The molecule has 186 valence electrons. The number of anilines is 1. The van der Waals surface area contributed by atoms with E-state index in [4.69, 9.17) is 5.73 Å². The smallest absolute Gasteiger partial charge is 0.251 e. The number of nitrogens with zero attached hydrogens (tertiary/aromatic N) is 1. The second kappa shape index (κ2) is 9.10. The highest BCUT2D eigenvalue weighted by atomic mass is 19.1. The topological polar surface area (TPSA) is 92.5 Å². The Bertz CT molecular complexity index is 1400. The number of benzene rings is 3. The maximum absolute atomic E-state index is 14.6. The van der Waals surface area contributed by atoms with Crippen LogP contribution in [0.4, 0.5) is 23.2 Å². The van der Waals surface area contributed by atoms with E-state index >= 15 is 0 Å². The van der Waals surface area contributed by atoms with Crippen molar-refractivity contribution in [1.29, 1.82) is 0 Å². The van der Waals surface area contributed by atoms with Crippen LogP contribution in [-0.4, -0.2) is 17.7 Å². The highest BCUT2D eigenvalue weighted by molar-refractivity contribution is 6.09. The normalized spacial score (nSPS) is 14.1. The van der Waals surface area contributed by atoms with Gasteiger partial charge in [0.2, 0.25) is 11.8 Å². The van der Waals surface area contributed by atoms with Gasteiger partial charge in [-0.15, -0.1) is 0 Å². The van der Waals surface area contributed by atoms with Crippen molar-refractivity contribution in [3.8, 4) is 0 Å². The number of carbonyl (C=O) groups excluding carboxylic acids is 3. The first kappa shape index (κ1) is 24.9. The van der Waals surface area contributed by atoms with Crippen molar-refractivity contribution >= 4 is 23.4 Å². The number of nitrogens with one attached hydrogen (secondary N) is 1. The van der Waals surface area contributed by atoms with Gasteiger partial charge >= 0.3 is 0 Å². The summed E-state index contributed by atoms with van der Waals surface area (Å²) in [6.07, 6.45) is 0. The molecular weight excluding hydrogens is 478 g/mol. The molecule has 1 aliphatic heterocycles. The van der Waals surface area contributed by atoms with Gasteiger partial charge in [0, 0.05) is 46.6 Å². The number of nitrogens with two attached hydrogens (primary N) is 1. The molecular formula is C26H21F4N3O3. The molecule has 0 spiro atoms. The van der Waals surface area contributed by atoms with Crippen molar-refractivity contribution in [1.82, 2.24) is 5.32 Å². The second-order valence-electron chi connectivity index (χ2n) is 8.95. The third-order valence-electron chi connectivity index (χ3n) is 6.20. The van der Waals surface area contributed by atoms with Crippen LogP contribution in [0.2, 0.25) is 0 Å². The Morgan fingerprint density at radius 2 is 1.56 bits per heavy atom. The average molecular weight is 499 g/mol. The van der Waals surface area contributed by atoms with E-state index in [1.807, 2.05) is 0 Å². The molecule has 0 radical (unpaired) electrons. The van der Waals surface area contributed by atoms with Crippen molar-refractivity contribution in [3.05, 3.63) is 99.6 Å². The Labute approximate surface area is 203 Å². The molecule has 1 heterocycles. The van der Waals surface area contributed by atoms with Crippen LogP contribution in [0.5, 0.6) is 0 Å². The number of carbonyl (C=O) groups is 3. The van der Waals surface area contributed by atoms with Crippen LogP contribution in [0.15, 0.2) is 48.5 Å². The van der Waals surface area contributed by atoms with Crippen LogP contribution in [0.25, 0.3) is 0 Å². The summed E-state index contributed by atoms with van der Waals surface area (Å²) in [6, 6.07) is 9.22. The zero-order valence-electron chi connectivity index (χ0n) is 19.3. The van der Waals surface area contributed by atoms with E-state index in [1.54, 1.807) is 19.9 Å². The standard InChI is InChI=1S/C26H21F4N3O3/c1-26(2)18-6-5-14(24(35)32-11-17-20(29)9-16(27)10-21(17)30)8-22(18)33(25(26)36)12-15-4-3-13(23(31)34)7-19(15)28/h3-10H,11-12H2,1-2H3,(H2,31,34)(H,32,35). The van der Waals surface area contributed by atoms with E-state index < -0.39 is 52.6 Å². The van der Waals surface area contributed by atoms with Crippen LogP contribution in [-0.2, 0) is 23.3 Å². The summed E-state index contributed by atoms with van der Waals surface area (Å²) in [5, 5.41) is 2.38. The summed E-state index contributed by atoms with van der Waals surface area (Å²) in [5.41, 5.74) is 4.90. The van der Waals surface area contributed by atoms with Crippen LogP contribution in [0.1, 0.15) is 51.3 Å². The van der Waals surface area contributed by atoms with Crippen molar-refractivity contribution < 1.29 is 31.9 Å². The third kappa shape index (κ3) is 4.41. The molecule has 0 unspecified atom stereocenters. The van der Waals surface area contributed by atoms with Crippen molar-refractivity contribution in [2.75, 3.05) is 4.90 Å². The first-order valence-corrected chi connectivity index (χ1v) is 10.9. The summed E-state index contributed by atoms with van der Waals surface area (Å²) in [5.74, 6) is -5.87. The molecule has 0 saturated heterocycles. The number of rotatable bonds is 6. The van der Waals surface area contributed by atoms with Crippen LogP contribution >= 0.6 is 0 Å². The summed E-state index contributed by atoms with van der Waals surface area (Å²) in [6.45, 7) is 2.69. The molecule has 3 aromatic carbocycles. The molecule has 0 atom stereocenters. The molecule has 0 fully saturated rings. The molecule has 0 bridgehead atoms. The molecule has 3 aromatic rings. The molecule has 10 heteroatoms. The third-order valence-corrected chi connectivity index (χ3v) is 6.20. The Morgan fingerprint density at radius 1 is 0.917 bits per heavy atom. The van der Waals surface area contributed by atoms with E-state index in [1.165, 1.54) is 29.2 Å². The fourth-order valence-electron chi connectivity index (χ4n) is 4.15. The van der Waals surface area contributed by atoms with Gasteiger partial charge in [-0.25, -0.2) is 17.6 Å². The molecule has 36 heavy (non-hydrogen) atoms. The van der Waals surface area contributed by atoms with Crippen LogP contribution in [0, 0.1) is 23.3 Å². The molecule has 6 nitrogen and oxygen atoms in total. The van der Waals surface area contributed by atoms with Gasteiger partial charge < -0.3 is 16.0 Å². The lowest BCUT2D eigenvalue weighted by molar-refractivity contribution is -0.122. The predicted octanol–water partition coefficient (Wildman–Crippen LogP) is 4.10. The van der Waals surface area contributed by atoms with Gasteiger partial charge in [0.1, 0.15) is 23.3 Å². The maximum atomic E-state index is 14.6. The number of fused-ring (bicyclic) bond motifs is 1. The van der Waals surface area contributed by atoms with Gasteiger partial charge in [0.05, 0.1) is 12.0 Å². The van der Waals surface area contributed by atoms with Crippen molar-refractivity contribution in [2.24, 2.45) is 5.73 Å². The van der Waals surface area contributed by atoms with Crippen molar-refractivity contribution in [3.63, 3.8) is 0 Å². The number of halogens is 4. The SMILES string of the molecule is CC1(C)C(=O)N(Cc2ccc(C(N)=O)cc2F)c2cc(C(=O)NCc3c(F)cc(F)cc3F)ccc21. The first-order valence-electron chi connectivity index (χ1n) is 10.9. The van der Waals surface area contributed by atoms with E-state index in [-0.39, 0.29) is 29.1 Å². The lowest BCUT2D eigenvalue weighted by Gasteiger charge is -2.21. The zero-order valence-corrected chi connectivity index (χ0v) is 19.3.